The Morgan fingerprint density at radius 3 is 2.40 bits per heavy atom. The fraction of sp³-hybridized carbons (Fsp3) is 0.647. The second kappa shape index (κ2) is 9.65. The Kier molecular flexibility index (Phi) is 8.12. The lowest BCUT2D eigenvalue weighted by atomic mass is 10.2. The molecule has 3 nitrogen and oxygen atoms in total. The standard InChI is InChI=1S/C17H29NO2/c1-5-15(4)18-12-8-9-13-19-16-10-6-7-11-17(16)20-14(2)3/h6-7,10-11,14-15,18H,5,8-9,12-13H2,1-4H3/t15-/m1/s1. The first kappa shape index (κ1) is 16.8. The molecule has 1 aromatic rings. The zero-order chi connectivity index (χ0) is 14.8. The maximum Gasteiger partial charge on any atom is 0.161 e. The van der Waals surface area contributed by atoms with E-state index in [-0.39, 0.29) is 6.10 Å². The number of rotatable bonds is 10. The van der Waals surface area contributed by atoms with Crippen molar-refractivity contribution in [3.05, 3.63) is 24.3 Å². The Hall–Kier alpha value is -1.22. The van der Waals surface area contributed by atoms with Gasteiger partial charge in [-0.15, -0.1) is 0 Å². The van der Waals surface area contributed by atoms with Crippen molar-refractivity contribution in [2.75, 3.05) is 13.2 Å². The van der Waals surface area contributed by atoms with Crippen molar-refractivity contribution in [1.29, 1.82) is 0 Å². The first-order valence-electron chi connectivity index (χ1n) is 7.75. The summed E-state index contributed by atoms with van der Waals surface area (Å²) < 4.78 is 11.6. The molecule has 0 aliphatic carbocycles. The molecule has 0 amide bonds. The van der Waals surface area contributed by atoms with Crippen LogP contribution in [0.3, 0.4) is 0 Å². The Balaban J connectivity index is 2.25. The summed E-state index contributed by atoms with van der Waals surface area (Å²) in [5, 5.41) is 3.49. The maximum absolute atomic E-state index is 5.82. The minimum atomic E-state index is 0.166. The van der Waals surface area contributed by atoms with Gasteiger partial charge >= 0.3 is 0 Å². The van der Waals surface area contributed by atoms with Gasteiger partial charge in [-0.25, -0.2) is 0 Å². The fourth-order valence-corrected chi connectivity index (χ4v) is 1.82. The van der Waals surface area contributed by atoms with E-state index in [9.17, 15) is 0 Å². The SMILES string of the molecule is CC[C@@H](C)NCCCCOc1ccccc1OC(C)C. The lowest BCUT2D eigenvalue weighted by Crippen LogP contribution is -2.26. The minimum Gasteiger partial charge on any atom is -0.490 e. The van der Waals surface area contributed by atoms with Gasteiger partial charge in [-0.3, -0.25) is 0 Å². The van der Waals surface area contributed by atoms with Crippen molar-refractivity contribution >= 4 is 0 Å². The summed E-state index contributed by atoms with van der Waals surface area (Å²) in [5.41, 5.74) is 0. The summed E-state index contributed by atoms with van der Waals surface area (Å²) in [6, 6.07) is 8.49. The summed E-state index contributed by atoms with van der Waals surface area (Å²) >= 11 is 0. The van der Waals surface area contributed by atoms with Gasteiger partial charge in [-0.2, -0.15) is 0 Å². The van der Waals surface area contributed by atoms with Gasteiger partial charge in [0.25, 0.3) is 0 Å². The molecule has 0 saturated carbocycles. The van der Waals surface area contributed by atoms with Gasteiger partial charge in [0.1, 0.15) is 0 Å². The van der Waals surface area contributed by atoms with Gasteiger partial charge in [-0.05, 0) is 58.7 Å². The van der Waals surface area contributed by atoms with Gasteiger partial charge in [-0.1, -0.05) is 19.1 Å². The van der Waals surface area contributed by atoms with E-state index in [2.05, 4.69) is 19.2 Å². The zero-order valence-corrected chi connectivity index (χ0v) is 13.3. The van der Waals surface area contributed by atoms with Gasteiger partial charge in [0.15, 0.2) is 11.5 Å². The summed E-state index contributed by atoms with van der Waals surface area (Å²) in [5.74, 6) is 1.68. The Morgan fingerprint density at radius 2 is 1.75 bits per heavy atom. The molecule has 1 aromatic carbocycles. The number of ether oxygens (including phenoxy) is 2. The third-order valence-corrected chi connectivity index (χ3v) is 3.15. The van der Waals surface area contributed by atoms with E-state index in [4.69, 9.17) is 9.47 Å². The molecule has 0 heterocycles. The normalized spacial score (nSPS) is 12.4. The van der Waals surface area contributed by atoms with Crippen LogP contribution in [0.1, 0.15) is 47.0 Å². The van der Waals surface area contributed by atoms with Crippen LogP contribution in [0.5, 0.6) is 11.5 Å². The molecule has 1 rings (SSSR count). The lowest BCUT2D eigenvalue weighted by molar-refractivity contribution is 0.219. The molecule has 1 atom stereocenters. The third-order valence-electron chi connectivity index (χ3n) is 3.15. The minimum absolute atomic E-state index is 0.166. The number of nitrogens with one attached hydrogen (secondary N) is 1. The van der Waals surface area contributed by atoms with Crippen molar-refractivity contribution in [2.45, 2.75) is 59.1 Å². The van der Waals surface area contributed by atoms with Crippen molar-refractivity contribution in [2.24, 2.45) is 0 Å². The molecule has 0 bridgehead atoms. The van der Waals surface area contributed by atoms with E-state index in [1.165, 1.54) is 6.42 Å². The average Bonchev–Trinajstić information content (AvgIpc) is 2.43. The van der Waals surface area contributed by atoms with E-state index < -0.39 is 0 Å². The molecule has 114 valence electrons. The molecule has 0 aliphatic rings. The van der Waals surface area contributed by atoms with Crippen LogP contribution in [0.15, 0.2) is 24.3 Å². The van der Waals surface area contributed by atoms with Crippen molar-refractivity contribution in [1.82, 2.24) is 5.32 Å². The summed E-state index contributed by atoms with van der Waals surface area (Å²) in [7, 11) is 0. The number of hydrogen-bond acceptors (Lipinski definition) is 3. The Morgan fingerprint density at radius 1 is 1.05 bits per heavy atom. The highest BCUT2D eigenvalue weighted by atomic mass is 16.5. The average molecular weight is 279 g/mol. The monoisotopic (exact) mass is 279 g/mol. The highest BCUT2D eigenvalue weighted by Crippen LogP contribution is 2.27. The Bertz CT molecular complexity index is 366. The largest absolute Gasteiger partial charge is 0.490 e. The Labute approximate surface area is 123 Å². The van der Waals surface area contributed by atoms with Crippen LogP contribution in [-0.4, -0.2) is 25.3 Å². The number of hydrogen-bond donors (Lipinski definition) is 1. The molecule has 0 aliphatic heterocycles. The maximum atomic E-state index is 5.82. The molecule has 0 fully saturated rings. The fourth-order valence-electron chi connectivity index (χ4n) is 1.82. The summed E-state index contributed by atoms with van der Waals surface area (Å²) in [6.07, 6.45) is 3.53. The van der Waals surface area contributed by atoms with Crippen LogP contribution in [0, 0.1) is 0 Å². The third kappa shape index (κ3) is 6.80. The summed E-state index contributed by atoms with van der Waals surface area (Å²) in [6.45, 7) is 10.3. The van der Waals surface area contributed by atoms with Crippen molar-refractivity contribution in [3.63, 3.8) is 0 Å². The molecule has 1 N–H and O–H groups in total. The van der Waals surface area contributed by atoms with Gasteiger partial charge in [0, 0.05) is 6.04 Å². The zero-order valence-electron chi connectivity index (χ0n) is 13.3. The van der Waals surface area contributed by atoms with Crippen molar-refractivity contribution < 1.29 is 9.47 Å². The van der Waals surface area contributed by atoms with Crippen LogP contribution in [-0.2, 0) is 0 Å². The quantitative estimate of drug-likeness (QED) is 0.656. The molecule has 0 aromatic heterocycles. The van der Waals surface area contributed by atoms with Gasteiger partial charge < -0.3 is 14.8 Å². The first-order valence-corrected chi connectivity index (χ1v) is 7.75. The van der Waals surface area contributed by atoms with Crippen LogP contribution < -0.4 is 14.8 Å². The van der Waals surface area contributed by atoms with E-state index in [0.717, 1.165) is 37.5 Å². The van der Waals surface area contributed by atoms with Gasteiger partial charge in [0.05, 0.1) is 12.7 Å². The topological polar surface area (TPSA) is 30.5 Å². The van der Waals surface area contributed by atoms with Crippen LogP contribution >= 0.6 is 0 Å². The molecule has 20 heavy (non-hydrogen) atoms. The smallest absolute Gasteiger partial charge is 0.161 e. The molecular formula is C17H29NO2. The van der Waals surface area contributed by atoms with Crippen LogP contribution in [0.25, 0.3) is 0 Å². The highest BCUT2D eigenvalue weighted by molar-refractivity contribution is 5.39. The van der Waals surface area contributed by atoms with E-state index >= 15 is 0 Å². The predicted octanol–water partition coefficient (Wildman–Crippen LogP) is 4.02. The molecule has 3 heteroatoms. The predicted molar refractivity (Wildman–Crippen MR) is 84.7 cm³/mol. The van der Waals surface area contributed by atoms with Crippen LogP contribution in [0.2, 0.25) is 0 Å². The number of para-hydroxylation sites is 2. The highest BCUT2D eigenvalue weighted by Gasteiger charge is 2.05. The molecule has 0 saturated heterocycles. The second-order valence-electron chi connectivity index (χ2n) is 5.43. The van der Waals surface area contributed by atoms with Crippen LogP contribution in [0.4, 0.5) is 0 Å². The van der Waals surface area contributed by atoms with E-state index in [0.29, 0.717) is 6.04 Å². The van der Waals surface area contributed by atoms with E-state index in [1.54, 1.807) is 0 Å². The molecule has 0 radical (unpaired) electrons. The first-order chi connectivity index (χ1) is 9.63. The van der Waals surface area contributed by atoms with Crippen molar-refractivity contribution in [3.8, 4) is 11.5 Å². The lowest BCUT2D eigenvalue weighted by Gasteiger charge is -2.15. The molecule has 0 spiro atoms. The second-order valence-corrected chi connectivity index (χ2v) is 5.43. The number of benzene rings is 1. The van der Waals surface area contributed by atoms with Gasteiger partial charge in [0.2, 0.25) is 0 Å². The summed E-state index contributed by atoms with van der Waals surface area (Å²) in [4.78, 5) is 0. The molecular weight excluding hydrogens is 250 g/mol. The number of unbranched alkanes of at least 4 members (excludes halogenated alkanes) is 1. The van der Waals surface area contributed by atoms with E-state index in [1.807, 2.05) is 38.1 Å². The molecule has 0 unspecified atom stereocenters.